The molecule has 1 rings (SSSR count). The first-order chi connectivity index (χ1) is 5.74. The molecule has 0 aliphatic carbocycles. The fourth-order valence-electron chi connectivity index (χ4n) is 1.29. The number of aryl methyl sites for hydroxylation is 1. The van der Waals surface area contributed by atoms with E-state index >= 15 is 0 Å². The fourth-order valence-corrected chi connectivity index (χ4v) is 1.29. The normalized spacial score (nSPS) is 10.2. The van der Waals surface area contributed by atoms with Gasteiger partial charge in [0.15, 0.2) is 0 Å². The van der Waals surface area contributed by atoms with Crippen LogP contribution in [0.3, 0.4) is 0 Å². The first-order valence-corrected chi connectivity index (χ1v) is 4.40. The Bertz CT molecular complexity index is 261. The molecule has 2 nitrogen and oxygen atoms in total. The smallest absolute Gasteiger partial charge is 0.0255 e. The molecule has 0 aliphatic heterocycles. The van der Waals surface area contributed by atoms with Crippen molar-refractivity contribution in [3.8, 4) is 0 Å². The molecule has 1 N–H and O–H groups in total. The number of aromatic nitrogens is 1. The van der Waals surface area contributed by atoms with E-state index in [4.69, 9.17) is 5.41 Å². The fraction of sp³-hybridized carbons (Fsp3) is 0.500. The number of nitrogens with zero attached hydrogens (tertiary/aromatic N) is 1. The summed E-state index contributed by atoms with van der Waals surface area (Å²) < 4.78 is 2.07. The standard InChI is InChI=1S/C10H16N2/c1-3-5-9(11)8-10-6-4-7-12(10)2/h4,6-7,11H,3,5,8H2,1-2H3. The highest BCUT2D eigenvalue weighted by Gasteiger charge is 2.00. The van der Waals surface area contributed by atoms with Gasteiger partial charge in [-0.05, 0) is 18.6 Å². The summed E-state index contributed by atoms with van der Waals surface area (Å²) in [6.45, 7) is 2.11. The monoisotopic (exact) mass is 164 g/mol. The summed E-state index contributed by atoms with van der Waals surface area (Å²) in [6, 6.07) is 4.10. The van der Waals surface area contributed by atoms with Gasteiger partial charge in [-0.3, -0.25) is 0 Å². The van der Waals surface area contributed by atoms with Gasteiger partial charge in [0.25, 0.3) is 0 Å². The van der Waals surface area contributed by atoms with Gasteiger partial charge in [-0.25, -0.2) is 0 Å². The molecule has 0 unspecified atom stereocenters. The van der Waals surface area contributed by atoms with Crippen LogP contribution in [0.4, 0.5) is 0 Å². The molecule has 1 aromatic rings. The van der Waals surface area contributed by atoms with Gasteiger partial charge in [-0.15, -0.1) is 0 Å². The molecule has 0 bridgehead atoms. The quantitative estimate of drug-likeness (QED) is 0.662. The predicted molar refractivity (Wildman–Crippen MR) is 51.8 cm³/mol. The average molecular weight is 164 g/mol. The Morgan fingerprint density at radius 2 is 2.33 bits per heavy atom. The van der Waals surface area contributed by atoms with Crippen LogP contribution in [-0.2, 0) is 13.5 Å². The van der Waals surface area contributed by atoms with Gasteiger partial charge in [0, 0.05) is 31.1 Å². The first-order valence-electron chi connectivity index (χ1n) is 4.40. The van der Waals surface area contributed by atoms with E-state index < -0.39 is 0 Å². The molecule has 0 radical (unpaired) electrons. The van der Waals surface area contributed by atoms with Crippen LogP contribution in [0.1, 0.15) is 25.5 Å². The molecule has 12 heavy (non-hydrogen) atoms. The third kappa shape index (κ3) is 2.22. The van der Waals surface area contributed by atoms with Crippen molar-refractivity contribution in [2.24, 2.45) is 7.05 Å². The first kappa shape index (κ1) is 9.04. The van der Waals surface area contributed by atoms with Gasteiger partial charge >= 0.3 is 0 Å². The summed E-state index contributed by atoms with van der Waals surface area (Å²) in [4.78, 5) is 0. The Hall–Kier alpha value is -1.05. The van der Waals surface area contributed by atoms with Gasteiger partial charge in [0.2, 0.25) is 0 Å². The third-order valence-corrected chi connectivity index (χ3v) is 2.00. The minimum absolute atomic E-state index is 0.803. The molecule has 0 spiro atoms. The van der Waals surface area contributed by atoms with Gasteiger partial charge in [-0.1, -0.05) is 13.3 Å². The van der Waals surface area contributed by atoms with Gasteiger partial charge in [0.1, 0.15) is 0 Å². The Morgan fingerprint density at radius 3 is 2.83 bits per heavy atom. The summed E-state index contributed by atoms with van der Waals surface area (Å²) in [6.07, 6.45) is 4.82. The van der Waals surface area contributed by atoms with Crippen LogP contribution in [0.2, 0.25) is 0 Å². The average Bonchev–Trinajstić information content (AvgIpc) is 2.37. The maximum absolute atomic E-state index is 7.65. The van der Waals surface area contributed by atoms with E-state index in [0.717, 1.165) is 25.0 Å². The highest BCUT2D eigenvalue weighted by atomic mass is 14.9. The van der Waals surface area contributed by atoms with Crippen LogP contribution in [-0.4, -0.2) is 10.3 Å². The molecule has 66 valence electrons. The minimum atomic E-state index is 0.803. The molecule has 1 aromatic heterocycles. The summed E-state index contributed by atoms with van der Waals surface area (Å²) >= 11 is 0. The highest BCUT2D eigenvalue weighted by Crippen LogP contribution is 2.03. The van der Waals surface area contributed by atoms with Crippen molar-refractivity contribution in [1.29, 1.82) is 5.41 Å². The van der Waals surface area contributed by atoms with Crippen molar-refractivity contribution >= 4 is 5.71 Å². The third-order valence-electron chi connectivity index (χ3n) is 2.00. The Morgan fingerprint density at radius 1 is 1.58 bits per heavy atom. The van der Waals surface area contributed by atoms with E-state index in [-0.39, 0.29) is 0 Å². The molecular formula is C10H16N2. The Kier molecular flexibility index (Phi) is 3.09. The van der Waals surface area contributed by atoms with Crippen molar-refractivity contribution in [2.75, 3.05) is 0 Å². The van der Waals surface area contributed by atoms with E-state index in [1.165, 1.54) is 5.69 Å². The highest BCUT2D eigenvalue weighted by molar-refractivity contribution is 5.83. The zero-order chi connectivity index (χ0) is 8.97. The molecule has 0 saturated heterocycles. The van der Waals surface area contributed by atoms with Gasteiger partial charge in [0.05, 0.1) is 0 Å². The lowest BCUT2D eigenvalue weighted by atomic mass is 10.1. The zero-order valence-corrected chi connectivity index (χ0v) is 7.80. The Balaban J connectivity index is 2.52. The van der Waals surface area contributed by atoms with Crippen LogP contribution < -0.4 is 0 Å². The van der Waals surface area contributed by atoms with Crippen molar-refractivity contribution in [3.05, 3.63) is 24.0 Å². The minimum Gasteiger partial charge on any atom is -0.354 e. The number of rotatable bonds is 4. The molecule has 0 aliphatic rings. The van der Waals surface area contributed by atoms with E-state index in [1.54, 1.807) is 0 Å². The molecule has 0 saturated carbocycles. The van der Waals surface area contributed by atoms with Gasteiger partial charge < -0.3 is 9.98 Å². The van der Waals surface area contributed by atoms with E-state index in [1.807, 2.05) is 19.3 Å². The zero-order valence-electron chi connectivity index (χ0n) is 7.80. The van der Waals surface area contributed by atoms with Crippen LogP contribution >= 0.6 is 0 Å². The molecule has 0 amide bonds. The van der Waals surface area contributed by atoms with E-state index in [9.17, 15) is 0 Å². The van der Waals surface area contributed by atoms with Crippen molar-refractivity contribution in [1.82, 2.24) is 4.57 Å². The summed E-state index contributed by atoms with van der Waals surface area (Å²) in [7, 11) is 2.02. The Labute approximate surface area is 73.7 Å². The van der Waals surface area contributed by atoms with Crippen molar-refractivity contribution in [2.45, 2.75) is 26.2 Å². The van der Waals surface area contributed by atoms with E-state index in [0.29, 0.717) is 0 Å². The largest absolute Gasteiger partial charge is 0.354 e. The summed E-state index contributed by atoms with van der Waals surface area (Å²) in [5.41, 5.74) is 2.06. The van der Waals surface area contributed by atoms with Gasteiger partial charge in [-0.2, -0.15) is 0 Å². The second-order valence-corrected chi connectivity index (χ2v) is 3.14. The molecule has 0 fully saturated rings. The van der Waals surface area contributed by atoms with Crippen molar-refractivity contribution in [3.63, 3.8) is 0 Å². The molecule has 0 atom stereocenters. The molecule has 2 heteroatoms. The van der Waals surface area contributed by atoms with Crippen LogP contribution in [0, 0.1) is 5.41 Å². The lowest BCUT2D eigenvalue weighted by Crippen LogP contribution is -2.04. The van der Waals surface area contributed by atoms with Crippen molar-refractivity contribution < 1.29 is 0 Å². The maximum Gasteiger partial charge on any atom is 0.0255 e. The number of nitrogens with one attached hydrogen (secondary N) is 1. The molecular weight excluding hydrogens is 148 g/mol. The lowest BCUT2D eigenvalue weighted by Gasteiger charge is -2.03. The SMILES string of the molecule is CCCC(=N)Cc1cccn1C. The predicted octanol–water partition coefficient (Wildman–Crippen LogP) is 2.39. The van der Waals surface area contributed by atoms with Crippen LogP contribution in [0.25, 0.3) is 0 Å². The summed E-state index contributed by atoms with van der Waals surface area (Å²) in [5, 5.41) is 7.65. The maximum atomic E-state index is 7.65. The van der Waals surface area contributed by atoms with E-state index in [2.05, 4.69) is 17.6 Å². The second-order valence-electron chi connectivity index (χ2n) is 3.14. The van der Waals surface area contributed by atoms with Crippen LogP contribution in [0.15, 0.2) is 18.3 Å². The summed E-state index contributed by atoms with van der Waals surface area (Å²) in [5.74, 6) is 0. The molecule has 0 aromatic carbocycles. The number of hydrogen-bond acceptors (Lipinski definition) is 1. The molecule has 1 heterocycles. The number of hydrogen-bond donors (Lipinski definition) is 1. The topological polar surface area (TPSA) is 28.8 Å². The van der Waals surface area contributed by atoms with Crippen LogP contribution in [0.5, 0.6) is 0 Å². The lowest BCUT2D eigenvalue weighted by molar-refractivity contribution is 0.853. The second kappa shape index (κ2) is 4.10.